The van der Waals surface area contributed by atoms with Crippen molar-refractivity contribution in [3.05, 3.63) is 59.7 Å². The number of amides is 3. The van der Waals surface area contributed by atoms with Gasteiger partial charge in [-0.15, -0.1) is 0 Å². The van der Waals surface area contributed by atoms with Crippen molar-refractivity contribution >= 4 is 29.1 Å². The van der Waals surface area contributed by atoms with Crippen LogP contribution in [0.25, 0.3) is 0 Å². The number of benzene rings is 2. The summed E-state index contributed by atoms with van der Waals surface area (Å²) in [4.78, 5) is 37.7. The molecule has 1 unspecified atom stereocenters. The number of carbonyl (C=O) groups is 3. The molecular formula is C22H25N3O3. The topological polar surface area (TPSA) is 78.5 Å². The first-order valence-corrected chi connectivity index (χ1v) is 9.43. The van der Waals surface area contributed by atoms with E-state index in [2.05, 4.69) is 34.9 Å². The number of rotatable bonds is 6. The average molecular weight is 379 g/mol. The number of aryl methyl sites for hydroxylation is 1. The van der Waals surface area contributed by atoms with Crippen molar-refractivity contribution in [2.24, 2.45) is 5.92 Å². The third kappa shape index (κ3) is 4.97. The molecule has 0 aliphatic carbocycles. The Morgan fingerprint density at radius 3 is 2.61 bits per heavy atom. The molecule has 0 bridgehead atoms. The van der Waals surface area contributed by atoms with E-state index in [1.54, 1.807) is 29.2 Å². The molecule has 0 saturated carbocycles. The maximum Gasteiger partial charge on any atom is 0.227 e. The zero-order valence-electron chi connectivity index (χ0n) is 16.2. The van der Waals surface area contributed by atoms with Gasteiger partial charge in [0, 0.05) is 37.8 Å². The Morgan fingerprint density at radius 1 is 1.14 bits per heavy atom. The predicted molar refractivity (Wildman–Crippen MR) is 109 cm³/mol. The smallest absolute Gasteiger partial charge is 0.227 e. The van der Waals surface area contributed by atoms with Gasteiger partial charge in [0.2, 0.25) is 17.7 Å². The lowest BCUT2D eigenvalue weighted by Crippen LogP contribution is -2.34. The second kappa shape index (κ2) is 8.69. The molecule has 3 amide bonds. The molecule has 6 heteroatoms. The van der Waals surface area contributed by atoms with E-state index in [4.69, 9.17) is 0 Å². The number of carbonyl (C=O) groups excluding carboxylic acids is 3. The van der Waals surface area contributed by atoms with E-state index in [9.17, 15) is 14.4 Å². The van der Waals surface area contributed by atoms with Crippen LogP contribution in [0.1, 0.15) is 24.5 Å². The van der Waals surface area contributed by atoms with Gasteiger partial charge in [-0.25, -0.2) is 0 Å². The van der Waals surface area contributed by atoms with Crippen LogP contribution in [0.5, 0.6) is 0 Å². The van der Waals surface area contributed by atoms with Crippen LogP contribution in [-0.2, 0) is 20.8 Å². The number of anilines is 2. The highest BCUT2D eigenvalue weighted by molar-refractivity contribution is 6.01. The van der Waals surface area contributed by atoms with Crippen LogP contribution in [-0.4, -0.2) is 30.8 Å². The largest absolute Gasteiger partial charge is 0.355 e. The Hall–Kier alpha value is -3.15. The normalized spacial score (nSPS) is 16.1. The quantitative estimate of drug-likeness (QED) is 0.810. The molecule has 146 valence electrons. The number of hydrogen-bond acceptors (Lipinski definition) is 3. The van der Waals surface area contributed by atoms with Crippen LogP contribution in [0.3, 0.4) is 0 Å². The van der Waals surface area contributed by atoms with E-state index in [1.807, 2.05) is 6.92 Å². The predicted octanol–water partition coefficient (Wildman–Crippen LogP) is 2.67. The summed E-state index contributed by atoms with van der Waals surface area (Å²) in [7, 11) is 0. The van der Waals surface area contributed by atoms with Gasteiger partial charge in [0.15, 0.2) is 0 Å². The van der Waals surface area contributed by atoms with Gasteiger partial charge in [-0.2, -0.15) is 0 Å². The van der Waals surface area contributed by atoms with Crippen molar-refractivity contribution < 1.29 is 14.4 Å². The second-order valence-electron chi connectivity index (χ2n) is 7.16. The lowest BCUT2D eigenvalue weighted by atomic mass is 10.1. The summed E-state index contributed by atoms with van der Waals surface area (Å²) in [5, 5.41) is 5.65. The van der Waals surface area contributed by atoms with Crippen molar-refractivity contribution in [1.29, 1.82) is 0 Å². The molecule has 1 aliphatic rings. The van der Waals surface area contributed by atoms with E-state index in [1.165, 1.54) is 18.1 Å². The molecule has 6 nitrogen and oxygen atoms in total. The highest BCUT2D eigenvalue weighted by atomic mass is 16.2. The van der Waals surface area contributed by atoms with Crippen LogP contribution in [0.2, 0.25) is 0 Å². The summed E-state index contributed by atoms with van der Waals surface area (Å²) in [6.07, 6.45) is 0.954. The molecule has 2 N–H and O–H groups in total. The zero-order chi connectivity index (χ0) is 20.1. The number of hydrogen-bond donors (Lipinski definition) is 2. The summed E-state index contributed by atoms with van der Waals surface area (Å²) in [6.45, 7) is 4.37. The van der Waals surface area contributed by atoms with Gasteiger partial charge in [0.1, 0.15) is 0 Å². The van der Waals surface area contributed by atoms with Gasteiger partial charge in [-0.1, -0.05) is 35.9 Å². The fourth-order valence-corrected chi connectivity index (χ4v) is 3.32. The average Bonchev–Trinajstić information content (AvgIpc) is 3.05. The van der Waals surface area contributed by atoms with Gasteiger partial charge < -0.3 is 15.5 Å². The fraction of sp³-hybridized carbons (Fsp3) is 0.318. The molecule has 0 aromatic heterocycles. The third-order valence-electron chi connectivity index (χ3n) is 4.81. The van der Waals surface area contributed by atoms with E-state index < -0.39 is 0 Å². The first-order chi connectivity index (χ1) is 13.4. The fourth-order valence-electron chi connectivity index (χ4n) is 3.32. The summed E-state index contributed by atoms with van der Waals surface area (Å²) >= 11 is 0. The maximum absolute atomic E-state index is 12.5. The molecule has 2 aromatic carbocycles. The summed E-state index contributed by atoms with van der Waals surface area (Å²) in [5.74, 6) is -0.717. The summed E-state index contributed by atoms with van der Waals surface area (Å²) in [5.41, 5.74) is 3.69. The van der Waals surface area contributed by atoms with Gasteiger partial charge in [0.05, 0.1) is 5.92 Å². The highest BCUT2D eigenvalue weighted by Gasteiger charge is 2.35. The number of nitrogens with one attached hydrogen (secondary N) is 2. The third-order valence-corrected chi connectivity index (χ3v) is 4.81. The van der Waals surface area contributed by atoms with Gasteiger partial charge in [0.25, 0.3) is 0 Å². The molecule has 1 heterocycles. The lowest BCUT2D eigenvalue weighted by molar-refractivity contribution is -0.126. The Bertz CT molecular complexity index is 877. The van der Waals surface area contributed by atoms with Crippen molar-refractivity contribution in [2.75, 3.05) is 23.3 Å². The first kappa shape index (κ1) is 19.6. The summed E-state index contributed by atoms with van der Waals surface area (Å²) in [6, 6.07) is 15.3. The Balaban J connectivity index is 1.55. The molecule has 28 heavy (non-hydrogen) atoms. The van der Waals surface area contributed by atoms with Crippen molar-refractivity contribution in [1.82, 2.24) is 5.32 Å². The van der Waals surface area contributed by atoms with Crippen LogP contribution in [0.4, 0.5) is 11.4 Å². The van der Waals surface area contributed by atoms with Gasteiger partial charge >= 0.3 is 0 Å². The Labute approximate surface area is 164 Å². The Morgan fingerprint density at radius 2 is 1.89 bits per heavy atom. The monoisotopic (exact) mass is 379 g/mol. The lowest BCUT2D eigenvalue weighted by Gasteiger charge is -2.18. The van der Waals surface area contributed by atoms with Crippen molar-refractivity contribution in [2.45, 2.75) is 26.7 Å². The maximum atomic E-state index is 12.5. The SMILES string of the molecule is CC(=O)Nc1cccc(N2CC(C(=O)NCCc3ccc(C)cc3)CC2=O)c1. The molecule has 0 radical (unpaired) electrons. The number of nitrogens with zero attached hydrogens (tertiary/aromatic N) is 1. The van der Waals surface area contributed by atoms with Crippen molar-refractivity contribution in [3.8, 4) is 0 Å². The van der Waals surface area contributed by atoms with Crippen LogP contribution in [0, 0.1) is 12.8 Å². The molecule has 1 aliphatic heterocycles. The molecule has 0 spiro atoms. The molecule has 1 atom stereocenters. The van der Waals surface area contributed by atoms with E-state index in [-0.39, 0.29) is 30.1 Å². The molecule has 1 fully saturated rings. The molecular weight excluding hydrogens is 354 g/mol. The van der Waals surface area contributed by atoms with E-state index >= 15 is 0 Å². The van der Waals surface area contributed by atoms with Crippen molar-refractivity contribution in [3.63, 3.8) is 0 Å². The van der Waals surface area contributed by atoms with Crippen LogP contribution in [0.15, 0.2) is 48.5 Å². The minimum absolute atomic E-state index is 0.0846. The van der Waals surface area contributed by atoms with Crippen LogP contribution >= 0.6 is 0 Å². The standard InChI is InChI=1S/C22H25N3O3/c1-15-6-8-17(9-7-15)10-11-23-22(28)18-12-21(27)25(14-18)20-5-3-4-19(13-20)24-16(2)26/h3-9,13,18H,10-12,14H2,1-2H3,(H,23,28)(H,24,26). The van der Waals surface area contributed by atoms with E-state index in [0.29, 0.717) is 24.5 Å². The molecule has 3 rings (SSSR count). The molecule has 1 saturated heterocycles. The minimum Gasteiger partial charge on any atom is -0.355 e. The Kier molecular flexibility index (Phi) is 6.09. The zero-order valence-corrected chi connectivity index (χ0v) is 16.2. The van der Waals surface area contributed by atoms with Crippen LogP contribution < -0.4 is 15.5 Å². The molecule has 2 aromatic rings. The highest BCUT2D eigenvalue weighted by Crippen LogP contribution is 2.27. The summed E-state index contributed by atoms with van der Waals surface area (Å²) < 4.78 is 0. The minimum atomic E-state index is -0.366. The van der Waals surface area contributed by atoms with Gasteiger partial charge in [-0.3, -0.25) is 14.4 Å². The van der Waals surface area contributed by atoms with Gasteiger partial charge in [-0.05, 0) is 37.1 Å². The second-order valence-corrected chi connectivity index (χ2v) is 7.16. The first-order valence-electron chi connectivity index (χ1n) is 9.43. The van der Waals surface area contributed by atoms with E-state index in [0.717, 1.165) is 6.42 Å².